The summed E-state index contributed by atoms with van der Waals surface area (Å²) in [4.78, 5) is 7.07. The molecule has 1 atom stereocenters. The second kappa shape index (κ2) is 8.74. The van der Waals surface area contributed by atoms with Crippen molar-refractivity contribution < 1.29 is 4.52 Å². The van der Waals surface area contributed by atoms with Gasteiger partial charge in [-0.3, -0.25) is 0 Å². The van der Waals surface area contributed by atoms with Crippen molar-refractivity contribution in [2.24, 2.45) is 4.99 Å². The number of guanidine groups is 1. The Bertz CT molecular complexity index is 710. The molecule has 0 saturated carbocycles. The smallest absolute Gasteiger partial charge is 0.191 e. The van der Waals surface area contributed by atoms with E-state index in [1.54, 1.807) is 0 Å². The number of hydrogen-bond donors (Lipinski definition) is 2. The van der Waals surface area contributed by atoms with Crippen LogP contribution in [0, 0.1) is 0 Å². The third-order valence-electron chi connectivity index (χ3n) is 4.56. The molecule has 0 amide bonds. The lowest BCUT2D eigenvalue weighted by Crippen LogP contribution is -2.44. The van der Waals surface area contributed by atoms with E-state index < -0.39 is 0 Å². The first-order valence-electron chi connectivity index (χ1n) is 9.46. The Hall–Kier alpha value is -2.50. The molecule has 2 aromatic rings. The molecule has 1 aliphatic heterocycles. The van der Waals surface area contributed by atoms with Crippen LogP contribution in [0.25, 0.3) is 0 Å². The number of nitrogens with zero attached hydrogens (tertiary/aromatic N) is 3. The second-order valence-electron chi connectivity index (χ2n) is 6.98. The van der Waals surface area contributed by atoms with Crippen molar-refractivity contribution in [1.82, 2.24) is 15.8 Å². The molecule has 6 nitrogen and oxygen atoms in total. The first kappa shape index (κ1) is 18.3. The number of para-hydroxylation sites is 1. The molecule has 1 unspecified atom stereocenters. The maximum Gasteiger partial charge on any atom is 0.191 e. The zero-order valence-corrected chi connectivity index (χ0v) is 15.9. The third kappa shape index (κ3) is 4.77. The van der Waals surface area contributed by atoms with Crippen LogP contribution in [0.1, 0.15) is 44.6 Å². The van der Waals surface area contributed by atoms with E-state index in [1.807, 2.05) is 6.07 Å². The van der Waals surface area contributed by atoms with Gasteiger partial charge in [-0.2, -0.15) is 0 Å². The van der Waals surface area contributed by atoms with E-state index >= 15 is 0 Å². The number of nitrogens with one attached hydrogen (secondary N) is 2. The van der Waals surface area contributed by atoms with Crippen molar-refractivity contribution in [3.05, 3.63) is 47.9 Å². The summed E-state index contributed by atoms with van der Waals surface area (Å²) in [6.07, 6.45) is 1.10. The Labute approximate surface area is 155 Å². The Morgan fingerprint density at radius 2 is 2.15 bits per heavy atom. The first-order chi connectivity index (χ1) is 12.7. The summed E-state index contributed by atoms with van der Waals surface area (Å²) in [6.45, 7) is 9.64. The van der Waals surface area contributed by atoms with Crippen molar-refractivity contribution in [2.75, 3.05) is 24.5 Å². The molecule has 0 bridgehead atoms. The fourth-order valence-corrected chi connectivity index (χ4v) is 3.10. The highest BCUT2D eigenvalue weighted by Gasteiger charge is 2.23. The van der Waals surface area contributed by atoms with E-state index in [1.165, 1.54) is 5.69 Å². The molecular formula is C20H29N5O. The van der Waals surface area contributed by atoms with Crippen LogP contribution in [0.4, 0.5) is 5.69 Å². The van der Waals surface area contributed by atoms with E-state index in [0.717, 1.165) is 43.5 Å². The van der Waals surface area contributed by atoms with Gasteiger partial charge in [-0.15, -0.1) is 0 Å². The number of hydrogen-bond acceptors (Lipinski definition) is 4. The largest absolute Gasteiger partial charge is 0.369 e. The molecule has 6 heteroatoms. The van der Waals surface area contributed by atoms with Gasteiger partial charge in [0.1, 0.15) is 6.54 Å². The number of anilines is 1. The van der Waals surface area contributed by atoms with Crippen LogP contribution in [-0.2, 0) is 6.54 Å². The van der Waals surface area contributed by atoms with Gasteiger partial charge < -0.3 is 20.1 Å². The normalized spacial score (nSPS) is 17.8. The van der Waals surface area contributed by atoms with Crippen molar-refractivity contribution in [2.45, 2.75) is 45.7 Å². The van der Waals surface area contributed by atoms with E-state index in [2.05, 4.69) is 76.8 Å². The van der Waals surface area contributed by atoms with Gasteiger partial charge in [0.25, 0.3) is 0 Å². The van der Waals surface area contributed by atoms with Gasteiger partial charge in [-0.25, -0.2) is 4.99 Å². The summed E-state index contributed by atoms with van der Waals surface area (Å²) in [5.41, 5.74) is 2.25. The van der Waals surface area contributed by atoms with Crippen molar-refractivity contribution in [3.8, 4) is 0 Å². The fraction of sp³-hybridized carbons (Fsp3) is 0.500. The van der Waals surface area contributed by atoms with Crippen LogP contribution in [0.2, 0.25) is 0 Å². The maximum absolute atomic E-state index is 5.38. The highest BCUT2D eigenvalue weighted by atomic mass is 16.5. The number of benzene rings is 1. The van der Waals surface area contributed by atoms with Crippen LogP contribution >= 0.6 is 0 Å². The monoisotopic (exact) mass is 355 g/mol. The molecule has 1 aromatic carbocycles. The molecule has 1 saturated heterocycles. The van der Waals surface area contributed by atoms with Gasteiger partial charge in [-0.1, -0.05) is 37.2 Å². The van der Waals surface area contributed by atoms with Crippen molar-refractivity contribution in [3.63, 3.8) is 0 Å². The summed E-state index contributed by atoms with van der Waals surface area (Å²) in [6, 6.07) is 12.9. The van der Waals surface area contributed by atoms with Crippen LogP contribution in [-0.4, -0.2) is 36.8 Å². The summed E-state index contributed by atoms with van der Waals surface area (Å²) in [7, 11) is 0. The Kier molecular flexibility index (Phi) is 6.15. The highest BCUT2D eigenvalue weighted by Crippen LogP contribution is 2.19. The van der Waals surface area contributed by atoms with Gasteiger partial charge >= 0.3 is 0 Å². The Morgan fingerprint density at radius 1 is 1.35 bits per heavy atom. The summed E-state index contributed by atoms with van der Waals surface area (Å²) in [5, 5.41) is 11.0. The minimum Gasteiger partial charge on any atom is -0.369 e. The molecule has 1 aliphatic rings. The van der Waals surface area contributed by atoms with E-state index in [0.29, 0.717) is 18.5 Å². The first-order valence-corrected chi connectivity index (χ1v) is 9.46. The molecule has 0 aliphatic carbocycles. The van der Waals surface area contributed by atoms with Gasteiger partial charge in [0.15, 0.2) is 11.7 Å². The maximum atomic E-state index is 5.38. The third-order valence-corrected chi connectivity index (χ3v) is 4.56. The molecule has 26 heavy (non-hydrogen) atoms. The molecule has 140 valence electrons. The number of rotatable bonds is 6. The average molecular weight is 355 g/mol. The average Bonchev–Trinajstić information content (AvgIpc) is 3.30. The zero-order valence-electron chi connectivity index (χ0n) is 15.9. The number of aliphatic imine (C=N–C) groups is 1. The van der Waals surface area contributed by atoms with E-state index in [4.69, 9.17) is 4.52 Å². The minimum absolute atomic E-state index is 0.366. The second-order valence-corrected chi connectivity index (χ2v) is 6.98. The van der Waals surface area contributed by atoms with Crippen molar-refractivity contribution in [1.29, 1.82) is 0 Å². The molecule has 1 fully saturated rings. The zero-order chi connectivity index (χ0) is 18.4. The number of aromatic nitrogens is 1. The topological polar surface area (TPSA) is 65.7 Å². The van der Waals surface area contributed by atoms with Gasteiger partial charge in [0.2, 0.25) is 0 Å². The molecule has 0 radical (unpaired) electrons. The fourth-order valence-electron chi connectivity index (χ4n) is 3.10. The molecular weight excluding hydrogens is 326 g/mol. The Balaban J connectivity index is 1.57. The SMILES string of the molecule is CCNC(=NCc1cc(C(C)C)no1)NC1CCN(c2ccccc2)C1. The lowest BCUT2D eigenvalue weighted by atomic mass is 10.1. The van der Waals surface area contributed by atoms with Crippen molar-refractivity contribution >= 4 is 11.6 Å². The van der Waals surface area contributed by atoms with E-state index in [9.17, 15) is 0 Å². The lowest BCUT2D eigenvalue weighted by molar-refractivity contribution is 0.376. The highest BCUT2D eigenvalue weighted by molar-refractivity contribution is 5.80. The van der Waals surface area contributed by atoms with Crippen LogP contribution in [0.5, 0.6) is 0 Å². The standard InChI is InChI=1S/C20H29N5O/c1-4-21-20(22-13-18-12-19(15(2)3)24-26-18)23-16-10-11-25(14-16)17-8-6-5-7-9-17/h5-9,12,15-16H,4,10-11,13-14H2,1-3H3,(H2,21,22,23). The molecule has 0 spiro atoms. The predicted octanol–water partition coefficient (Wildman–Crippen LogP) is 3.13. The molecule has 3 rings (SSSR count). The molecule has 1 aromatic heterocycles. The van der Waals surface area contributed by atoms with Crippen LogP contribution in [0.15, 0.2) is 45.9 Å². The van der Waals surface area contributed by atoms with E-state index in [-0.39, 0.29) is 0 Å². The summed E-state index contributed by atoms with van der Waals surface area (Å²) < 4.78 is 5.38. The van der Waals surface area contributed by atoms with Crippen LogP contribution < -0.4 is 15.5 Å². The predicted molar refractivity (Wildman–Crippen MR) is 106 cm³/mol. The lowest BCUT2D eigenvalue weighted by Gasteiger charge is -2.20. The summed E-state index contributed by atoms with van der Waals surface area (Å²) in [5.74, 6) is 1.99. The summed E-state index contributed by atoms with van der Waals surface area (Å²) >= 11 is 0. The quantitative estimate of drug-likeness (QED) is 0.616. The van der Waals surface area contributed by atoms with Gasteiger partial charge in [0, 0.05) is 37.4 Å². The van der Waals surface area contributed by atoms with Crippen LogP contribution in [0.3, 0.4) is 0 Å². The molecule has 2 N–H and O–H groups in total. The van der Waals surface area contributed by atoms with Gasteiger partial charge in [0.05, 0.1) is 5.69 Å². The minimum atomic E-state index is 0.366. The Morgan fingerprint density at radius 3 is 2.85 bits per heavy atom. The van der Waals surface area contributed by atoms with Gasteiger partial charge in [-0.05, 0) is 31.4 Å². The molecule has 2 heterocycles.